The Hall–Kier alpha value is -0.770. The number of hydrogen-bond acceptors (Lipinski definition) is 2. The van der Waals surface area contributed by atoms with Crippen molar-refractivity contribution >= 4 is 29.9 Å². The smallest absolute Gasteiger partial charge is 0.220 e. The highest BCUT2D eigenvalue weighted by Gasteiger charge is 2.28. The largest absolute Gasteiger partial charge is 0.355 e. The molecular formula is C16H26Cl2N2O. The van der Waals surface area contributed by atoms with Crippen molar-refractivity contribution in [3.05, 3.63) is 34.9 Å². The van der Waals surface area contributed by atoms with Crippen molar-refractivity contribution in [1.82, 2.24) is 5.32 Å². The quantitative estimate of drug-likeness (QED) is 0.762. The third kappa shape index (κ3) is 5.85. The van der Waals surface area contributed by atoms with Gasteiger partial charge in [0.15, 0.2) is 0 Å². The molecule has 0 spiro atoms. The summed E-state index contributed by atoms with van der Waals surface area (Å²) in [7, 11) is 0. The van der Waals surface area contributed by atoms with Gasteiger partial charge in [-0.25, -0.2) is 0 Å². The molecule has 1 aromatic rings. The summed E-state index contributed by atoms with van der Waals surface area (Å²) in [6, 6.07) is 7.93. The van der Waals surface area contributed by atoms with Crippen LogP contribution in [0.2, 0.25) is 5.02 Å². The highest BCUT2D eigenvalue weighted by molar-refractivity contribution is 6.30. The van der Waals surface area contributed by atoms with Crippen molar-refractivity contribution in [3.63, 3.8) is 0 Å². The van der Waals surface area contributed by atoms with E-state index in [0.29, 0.717) is 19.5 Å². The molecule has 0 unspecified atom stereocenters. The molecule has 0 fully saturated rings. The van der Waals surface area contributed by atoms with E-state index >= 15 is 0 Å². The second-order valence-corrected chi connectivity index (χ2v) is 5.60. The molecule has 0 heterocycles. The fraction of sp³-hybridized carbons (Fsp3) is 0.562. The van der Waals surface area contributed by atoms with Gasteiger partial charge in [0.1, 0.15) is 0 Å². The summed E-state index contributed by atoms with van der Waals surface area (Å²) in [6.07, 6.45) is 3.18. The molecule has 0 aromatic heterocycles. The van der Waals surface area contributed by atoms with Gasteiger partial charge in [-0.05, 0) is 43.5 Å². The molecule has 5 heteroatoms. The third-order valence-electron chi connectivity index (χ3n) is 4.04. The summed E-state index contributed by atoms with van der Waals surface area (Å²) in [5.74, 6) is 0.0793. The molecule has 0 aliphatic heterocycles. The van der Waals surface area contributed by atoms with Crippen molar-refractivity contribution in [2.75, 3.05) is 13.1 Å². The minimum absolute atomic E-state index is 0. The van der Waals surface area contributed by atoms with Crippen LogP contribution >= 0.6 is 24.0 Å². The Bertz CT molecular complexity index is 417. The number of halogens is 2. The number of carbonyl (C=O) groups is 1. The van der Waals surface area contributed by atoms with E-state index in [1.807, 2.05) is 12.1 Å². The summed E-state index contributed by atoms with van der Waals surface area (Å²) in [5, 5.41) is 3.78. The van der Waals surface area contributed by atoms with Crippen LogP contribution < -0.4 is 11.1 Å². The summed E-state index contributed by atoms with van der Waals surface area (Å²) in [5.41, 5.74) is 6.63. The SMILES string of the molecule is CCC(CC)(CNC(=O)CCCN)c1ccc(Cl)cc1.Cl. The van der Waals surface area contributed by atoms with Crippen LogP contribution in [0.3, 0.4) is 0 Å². The molecule has 0 saturated heterocycles. The van der Waals surface area contributed by atoms with Crippen LogP contribution in [0.4, 0.5) is 0 Å². The highest BCUT2D eigenvalue weighted by atomic mass is 35.5. The van der Waals surface area contributed by atoms with Gasteiger partial charge in [-0.3, -0.25) is 4.79 Å². The first kappa shape index (κ1) is 20.2. The first-order valence-electron chi connectivity index (χ1n) is 7.30. The fourth-order valence-corrected chi connectivity index (χ4v) is 2.56. The first-order chi connectivity index (χ1) is 9.57. The maximum Gasteiger partial charge on any atom is 0.220 e. The first-order valence-corrected chi connectivity index (χ1v) is 7.68. The van der Waals surface area contributed by atoms with Gasteiger partial charge in [0.05, 0.1) is 0 Å². The van der Waals surface area contributed by atoms with Crippen LogP contribution in [0.15, 0.2) is 24.3 Å². The Morgan fingerprint density at radius 1 is 1.24 bits per heavy atom. The van der Waals surface area contributed by atoms with Crippen LogP contribution in [0.25, 0.3) is 0 Å². The van der Waals surface area contributed by atoms with Crippen molar-refractivity contribution in [2.24, 2.45) is 5.73 Å². The molecule has 3 nitrogen and oxygen atoms in total. The lowest BCUT2D eigenvalue weighted by molar-refractivity contribution is -0.121. The molecule has 0 bridgehead atoms. The molecule has 120 valence electrons. The maximum absolute atomic E-state index is 11.8. The Morgan fingerprint density at radius 2 is 1.81 bits per heavy atom. The molecule has 1 aromatic carbocycles. The highest BCUT2D eigenvalue weighted by Crippen LogP contribution is 2.31. The lowest BCUT2D eigenvalue weighted by Gasteiger charge is -2.32. The van der Waals surface area contributed by atoms with Crippen molar-refractivity contribution in [2.45, 2.75) is 44.9 Å². The summed E-state index contributed by atoms with van der Waals surface area (Å²) in [4.78, 5) is 11.8. The van der Waals surface area contributed by atoms with E-state index in [4.69, 9.17) is 17.3 Å². The van der Waals surface area contributed by atoms with Crippen LogP contribution in [-0.2, 0) is 10.2 Å². The molecule has 0 saturated carbocycles. The second kappa shape index (κ2) is 10.0. The number of amides is 1. The van der Waals surface area contributed by atoms with E-state index in [-0.39, 0.29) is 23.7 Å². The van der Waals surface area contributed by atoms with Crippen LogP contribution in [0.1, 0.15) is 45.1 Å². The number of nitrogens with one attached hydrogen (secondary N) is 1. The average Bonchev–Trinajstić information content (AvgIpc) is 2.48. The predicted octanol–water partition coefficient (Wildman–Crippen LogP) is 3.67. The van der Waals surface area contributed by atoms with E-state index in [2.05, 4.69) is 31.3 Å². The van der Waals surface area contributed by atoms with Crippen LogP contribution in [-0.4, -0.2) is 19.0 Å². The van der Waals surface area contributed by atoms with E-state index in [0.717, 1.165) is 24.3 Å². The minimum atomic E-state index is -0.0248. The molecule has 0 radical (unpaired) electrons. The number of carbonyl (C=O) groups excluding carboxylic acids is 1. The Kier molecular flexibility index (Phi) is 9.67. The number of nitrogens with two attached hydrogens (primary N) is 1. The maximum atomic E-state index is 11.8. The number of rotatable bonds is 8. The van der Waals surface area contributed by atoms with Gasteiger partial charge < -0.3 is 11.1 Å². The molecule has 21 heavy (non-hydrogen) atoms. The molecule has 1 amide bonds. The molecule has 0 aliphatic rings. The van der Waals surface area contributed by atoms with Gasteiger partial charge >= 0.3 is 0 Å². The van der Waals surface area contributed by atoms with Crippen molar-refractivity contribution in [1.29, 1.82) is 0 Å². The minimum Gasteiger partial charge on any atom is -0.355 e. The zero-order chi connectivity index (χ0) is 15.0. The molecule has 0 aliphatic carbocycles. The standard InChI is InChI=1S/C16H25ClN2O.ClH/c1-3-16(4-2,12-19-15(20)6-5-11-18)13-7-9-14(17)10-8-13;/h7-10H,3-6,11-12,18H2,1-2H3,(H,19,20);1H. The molecule has 0 atom stereocenters. The van der Waals surface area contributed by atoms with Gasteiger partial charge in [-0.1, -0.05) is 37.6 Å². The summed E-state index contributed by atoms with van der Waals surface area (Å²) in [6.45, 7) is 5.52. The number of benzene rings is 1. The van der Waals surface area contributed by atoms with Crippen molar-refractivity contribution in [3.8, 4) is 0 Å². The lowest BCUT2D eigenvalue weighted by Crippen LogP contribution is -2.40. The summed E-state index contributed by atoms with van der Waals surface area (Å²) >= 11 is 5.95. The van der Waals surface area contributed by atoms with Gasteiger partial charge in [-0.2, -0.15) is 0 Å². The zero-order valence-corrected chi connectivity index (χ0v) is 14.4. The van der Waals surface area contributed by atoms with E-state index in [1.165, 1.54) is 5.56 Å². The van der Waals surface area contributed by atoms with Gasteiger partial charge in [0.25, 0.3) is 0 Å². The van der Waals surface area contributed by atoms with Crippen molar-refractivity contribution < 1.29 is 4.79 Å². The van der Waals surface area contributed by atoms with E-state index in [1.54, 1.807) is 0 Å². The Balaban J connectivity index is 0.00000400. The summed E-state index contributed by atoms with van der Waals surface area (Å²) < 4.78 is 0. The second-order valence-electron chi connectivity index (χ2n) is 5.16. The third-order valence-corrected chi connectivity index (χ3v) is 4.29. The van der Waals surface area contributed by atoms with E-state index < -0.39 is 0 Å². The fourth-order valence-electron chi connectivity index (χ4n) is 2.43. The number of hydrogen-bond donors (Lipinski definition) is 2. The zero-order valence-electron chi connectivity index (χ0n) is 12.8. The predicted molar refractivity (Wildman–Crippen MR) is 92.3 cm³/mol. The Morgan fingerprint density at radius 3 is 2.29 bits per heavy atom. The topological polar surface area (TPSA) is 55.1 Å². The van der Waals surface area contributed by atoms with Gasteiger partial charge in [0, 0.05) is 23.4 Å². The normalized spacial score (nSPS) is 10.9. The van der Waals surface area contributed by atoms with Gasteiger partial charge in [0.2, 0.25) is 5.91 Å². The lowest BCUT2D eigenvalue weighted by atomic mass is 9.76. The monoisotopic (exact) mass is 332 g/mol. The molecule has 3 N–H and O–H groups in total. The Labute approximate surface area is 139 Å². The molecular weight excluding hydrogens is 307 g/mol. The van der Waals surface area contributed by atoms with Crippen LogP contribution in [0, 0.1) is 0 Å². The van der Waals surface area contributed by atoms with Gasteiger partial charge in [-0.15, -0.1) is 12.4 Å². The average molecular weight is 333 g/mol. The van der Waals surface area contributed by atoms with E-state index in [9.17, 15) is 4.79 Å². The van der Waals surface area contributed by atoms with Crippen LogP contribution in [0.5, 0.6) is 0 Å². The molecule has 1 rings (SSSR count).